The van der Waals surface area contributed by atoms with Crippen LogP contribution in [0.4, 0.5) is 0 Å². The monoisotopic (exact) mass is 234 g/mol. The molecule has 0 aliphatic heterocycles. The van der Waals surface area contributed by atoms with Crippen molar-refractivity contribution >= 4 is 0 Å². The van der Waals surface area contributed by atoms with E-state index in [4.69, 9.17) is 0 Å². The van der Waals surface area contributed by atoms with Gasteiger partial charge in [-0.15, -0.1) is 0 Å². The number of rotatable bonds is 6. The first-order valence-corrected chi connectivity index (χ1v) is 6.19. The second-order valence-electron chi connectivity index (χ2n) is 4.96. The van der Waals surface area contributed by atoms with Crippen molar-refractivity contribution in [1.29, 1.82) is 5.26 Å². The van der Waals surface area contributed by atoms with Crippen molar-refractivity contribution in [3.05, 3.63) is 18.2 Å². The molecule has 4 nitrogen and oxygen atoms in total. The zero-order valence-corrected chi connectivity index (χ0v) is 11.2. The average Bonchev–Trinajstić information content (AvgIpc) is 2.65. The van der Waals surface area contributed by atoms with Crippen LogP contribution in [0.2, 0.25) is 0 Å². The molecule has 1 aromatic heterocycles. The number of aromatic nitrogens is 2. The van der Waals surface area contributed by atoms with Crippen LogP contribution in [0, 0.1) is 11.3 Å². The first-order valence-electron chi connectivity index (χ1n) is 6.19. The van der Waals surface area contributed by atoms with Gasteiger partial charge in [0.25, 0.3) is 0 Å². The summed E-state index contributed by atoms with van der Waals surface area (Å²) >= 11 is 0. The highest BCUT2D eigenvalue weighted by Gasteiger charge is 2.25. The van der Waals surface area contributed by atoms with Crippen molar-refractivity contribution in [1.82, 2.24) is 14.9 Å². The van der Waals surface area contributed by atoms with Gasteiger partial charge in [-0.05, 0) is 27.2 Å². The van der Waals surface area contributed by atoms with E-state index in [0.717, 1.165) is 18.7 Å². The van der Waals surface area contributed by atoms with E-state index >= 15 is 0 Å². The highest BCUT2D eigenvalue weighted by molar-refractivity contribution is 5.07. The maximum absolute atomic E-state index is 9.31. The Morgan fingerprint density at radius 2 is 2.29 bits per heavy atom. The van der Waals surface area contributed by atoms with Crippen LogP contribution in [0.5, 0.6) is 0 Å². The number of nitrogens with zero attached hydrogens (tertiary/aromatic N) is 3. The standard InChI is InChI=1S/C13H22N4/c1-5-6-12-15-7-8-17(12)10-13(4,9-14)16-11(2)3/h7-8,11,16H,5-6,10H2,1-4H3. The Bertz CT molecular complexity index is 388. The van der Waals surface area contributed by atoms with Gasteiger partial charge in [0.05, 0.1) is 12.6 Å². The number of nitriles is 1. The van der Waals surface area contributed by atoms with Crippen LogP contribution in [0.15, 0.2) is 12.4 Å². The molecular weight excluding hydrogens is 212 g/mol. The number of aryl methyl sites for hydroxylation is 1. The van der Waals surface area contributed by atoms with Crippen LogP contribution in [0.1, 0.15) is 39.9 Å². The van der Waals surface area contributed by atoms with Gasteiger partial charge in [-0.2, -0.15) is 5.26 Å². The largest absolute Gasteiger partial charge is 0.332 e. The van der Waals surface area contributed by atoms with Gasteiger partial charge in [-0.1, -0.05) is 6.92 Å². The zero-order valence-electron chi connectivity index (χ0n) is 11.2. The molecule has 1 unspecified atom stereocenters. The van der Waals surface area contributed by atoms with Gasteiger partial charge in [-0.25, -0.2) is 4.98 Å². The fourth-order valence-electron chi connectivity index (χ4n) is 2.03. The smallest absolute Gasteiger partial charge is 0.122 e. The van der Waals surface area contributed by atoms with Gasteiger partial charge in [0.1, 0.15) is 11.4 Å². The van der Waals surface area contributed by atoms with Gasteiger partial charge in [0.2, 0.25) is 0 Å². The molecule has 0 bridgehead atoms. The van der Waals surface area contributed by atoms with E-state index in [2.05, 4.69) is 41.7 Å². The zero-order chi connectivity index (χ0) is 12.9. The normalized spacial score (nSPS) is 14.6. The van der Waals surface area contributed by atoms with Crippen LogP contribution in [0.25, 0.3) is 0 Å². The Balaban J connectivity index is 2.80. The molecule has 1 atom stereocenters. The van der Waals surface area contributed by atoms with E-state index in [1.54, 1.807) is 6.20 Å². The predicted octanol–water partition coefficient (Wildman–Crippen LogP) is 2.12. The van der Waals surface area contributed by atoms with E-state index in [1.807, 2.05) is 13.1 Å². The summed E-state index contributed by atoms with van der Waals surface area (Å²) in [5, 5.41) is 12.6. The predicted molar refractivity (Wildman–Crippen MR) is 68.5 cm³/mol. The molecule has 0 aromatic carbocycles. The lowest BCUT2D eigenvalue weighted by Crippen LogP contribution is -2.48. The van der Waals surface area contributed by atoms with E-state index in [-0.39, 0.29) is 6.04 Å². The third-order valence-corrected chi connectivity index (χ3v) is 2.62. The Labute approximate surface area is 104 Å². The summed E-state index contributed by atoms with van der Waals surface area (Å²) in [5.41, 5.74) is -0.544. The molecule has 1 heterocycles. The van der Waals surface area contributed by atoms with Gasteiger partial charge < -0.3 is 4.57 Å². The molecular formula is C13H22N4. The van der Waals surface area contributed by atoms with Crippen molar-refractivity contribution in [2.24, 2.45) is 0 Å². The summed E-state index contributed by atoms with van der Waals surface area (Å²) in [6.45, 7) is 8.81. The highest BCUT2D eigenvalue weighted by Crippen LogP contribution is 2.11. The van der Waals surface area contributed by atoms with E-state index in [1.165, 1.54) is 0 Å². The Hall–Kier alpha value is -1.34. The number of hydrogen-bond donors (Lipinski definition) is 1. The van der Waals surface area contributed by atoms with Crippen molar-refractivity contribution in [3.8, 4) is 6.07 Å². The molecule has 17 heavy (non-hydrogen) atoms. The molecule has 4 heteroatoms. The van der Waals surface area contributed by atoms with Gasteiger partial charge >= 0.3 is 0 Å². The fourth-order valence-corrected chi connectivity index (χ4v) is 2.03. The number of nitrogens with one attached hydrogen (secondary N) is 1. The molecule has 0 saturated heterocycles. The fraction of sp³-hybridized carbons (Fsp3) is 0.692. The maximum Gasteiger partial charge on any atom is 0.122 e. The van der Waals surface area contributed by atoms with Crippen molar-refractivity contribution in [2.75, 3.05) is 0 Å². The van der Waals surface area contributed by atoms with Gasteiger partial charge in [0, 0.05) is 24.9 Å². The first-order chi connectivity index (χ1) is 8.00. The Kier molecular flexibility index (Phi) is 4.71. The molecule has 0 aliphatic carbocycles. The molecule has 0 spiro atoms. The number of hydrogen-bond acceptors (Lipinski definition) is 3. The highest BCUT2D eigenvalue weighted by atomic mass is 15.1. The van der Waals surface area contributed by atoms with Crippen LogP contribution in [0.3, 0.4) is 0 Å². The van der Waals surface area contributed by atoms with Crippen molar-refractivity contribution in [2.45, 2.75) is 58.7 Å². The molecule has 0 aliphatic rings. The van der Waals surface area contributed by atoms with Crippen molar-refractivity contribution in [3.63, 3.8) is 0 Å². The summed E-state index contributed by atoms with van der Waals surface area (Å²) < 4.78 is 2.07. The summed E-state index contributed by atoms with van der Waals surface area (Å²) in [4.78, 5) is 4.33. The minimum atomic E-state index is -0.544. The molecule has 1 rings (SSSR count). The number of imidazole rings is 1. The van der Waals surface area contributed by atoms with Crippen LogP contribution in [-0.2, 0) is 13.0 Å². The van der Waals surface area contributed by atoms with Gasteiger partial charge in [0.15, 0.2) is 0 Å². The molecule has 0 fully saturated rings. The summed E-state index contributed by atoms with van der Waals surface area (Å²) in [6, 6.07) is 2.65. The van der Waals surface area contributed by atoms with Crippen LogP contribution < -0.4 is 5.32 Å². The lowest BCUT2D eigenvalue weighted by Gasteiger charge is -2.27. The second kappa shape index (κ2) is 5.83. The first kappa shape index (κ1) is 13.7. The topological polar surface area (TPSA) is 53.6 Å². The van der Waals surface area contributed by atoms with Gasteiger partial charge in [-0.3, -0.25) is 5.32 Å². The lowest BCUT2D eigenvalue weighted by molar-refractivity contribution is 0.353. The second-order valence-corrected chi connectivity index (χ2v) is 4.96. The summed E-state index contributed by atoms with van der Waals surface area (Å²) in [6.07, 6.45) is 5.77. The van der Waals surface area contributed by atoms with E-state index in [0.29, 0.717) is 6.54 Å². The van der Waals surface area contributed by atoms with E-state index < -0.39 is 5.54 Å². The third-order valence-electron chi connectivity index (χ3n) is 2.62. The minimum absolute atomic E-state index is 0.290. The Morgan fingerprint density at radius 1 is 1.59 bits per heavy atom. The van der Waals surface area contributed by atoms with Crippen LogP contribution >= 0.6 is 0 Å². The average molecular weight is 234 g/mol. The van der Waals surface area contributed by atoms with Crippen LogP contribution in [-0.4, -0.2) is 21.1 Å². The minimum Gasteiger partial charge on any atom is -0.332 e. The molecule has 0 saturated carbocycles. The van der Waals surface area contributed by atoms with Crippen molar-refractivity contribution < 1.29 is 0 Å². The molecule has 0 amide bonds. The van der Waals surface area contributed by atoms with E-state index in [9.17, 15) is 5.26 Å². The lowest BCUT2D eigenvalue weighted by atomic mass is 10.0. The summed E-state index contributed by atoms with van der Waals surface area (Å²) in [7, 11) is 0. The summed E-state index contributed by atoms with van der Waals surface area (Å²) in [5.74, 6) is 1.06. The Morgan fingerprint density at radius 3 is 2.82 bits per heavy atom. The molecule has 1 N–H and O–H groups in total. The SMILES string of the molecule is CCCc1nccn1CC(C)(C#N)NC(C)C. The quantitative estimate of drug-likeness (QED) is 0.820. The molecule has 1 aromatic rings. The third kappa shape index (κ3) is 3.86. The maximum atomic E-state index is 9.31. The molecule has 0 radical (unpaired) electrons. The molecule has 94 valence electrons.